The van der Waals surface area contributed by atoms with Crippen LogP contribution in [0.2, 0.25) is 0 Å². The fourth-order valence-corrected chi connectivity index (χ4v) is 1.17. The second kappa shape index (κ2) is 2.49. The zero-order valence-electron chi connectivity index (χ0n) is 6.72. The first-order chi connectivity index (χ1) is 4.64. The van der Waals surface area contributed by atoms with Crippen LogP contribution in [0.4, 0.5) is 0 Å². The van der Waals surface area contributed by atoms with Crippen LogP contribution in [0, 0.1) is 0 Å². The summed E-state index contributed by atoms with van der Waals surface area (Å²) in [5.41, 5.74) is -0.251. The summed E-state index contributed by atoms with van der Waals surface area (Å²) in [7, 11) is 1.84. The third-order valence-corrected chi connectivity index (χ3v) is 2.24. The van der Waals surface area contributed by atoms with Crippen molar-refractivity contribution in [2.75, 3.05) is 13.7 Å². The number of likely N-dealkylation sites (N-methyl/N-ethyl adjacent to an activating group) is 1. The molecular formula is C7H15NO2. The van der Waals surface area contributed by atoms with Gasteiger partial charge in [-0.1, -0.05) is 0 Å². The smallest absolute Gasteiger partial charge is 0.104 e. The quantitative estimate of drug-likeness (QED) is 0.538. The molecule has 1 saturated heterocycles. The highest BCUT2D eigenvalue weighted by molar-refractivity contribution is 5.01. The second-order valence-corrected chi connectivity index (χ2v) is 3.09. The Kier molecular flexibility index (Phi) is 1.99. The van der Waals surface area contributed by atoms with E-state index < -0.39 is 0 Å². The third-order valence-electron chi connectivity index (χ3n) is 2.24. The molecule has 1 aliphatic heterocycles. The molecule has 0 saturated carbocycles. The molecule has 0 bridgehead atoms. The first kappa shape index (κ1) is 7.98. The average Bonchev–Trinajstić information content (AvgIpc) is 2.66. The maximum Gasteiger partial charge on any atom is 0.104 e. The molecule has 1 rings (SSSR count). The summed E-state index contributed by atoms with van der Waals surface area (Å²) in [5.74, 6) is 0. The van der Waals surface area contributed by atoms with E-state index in [2.05, 4.69) is 5.32 Å². The number of rotatable bonds is 3. The molecule has 0 aromatic heterocycles. The van der Waals surface area contributed by atoms with Gasteiger partial charge in [0.05, 0.1) is 18.2 Å². The third kappa shape index (κ3) is 1.17. The largest absolute Gasteiger partial charge is 0.394 e. The summed E-state index contributed by atoms with van der Waals surface area (Å²) < 4.78 is 5.24. The number of aliphatic hydroxyl groups excluding tert-OH is 1. The molecule has 2 N–H and O–H groups in total. The molecule has 10 heavy (non-hydrogen) atoms. The lowest BCUT2D eigenvalue weighted by atomic mass is 9.97. The molecule has 1 aliphatic rings. The normalized spacial score (nSPS) is 37.2. The Morgan fingerprint density at radius 2 is 2.20 bits per heavy atom. The number of aliphatic hydroxyl groups is 1. The minimum absolute atomic E-state index is 0.124. The van der Waals surface area contributed by atoms with E-state index in [0.717, 1.165) is 0 Å². The monoisotopic (exact) mass is 145 g/mol. The summed E-state index contributed by atoms with van der Waals surface area (Å²) in [6.07, 6.45) is 0.479. The van der Waals surface area contributed by atoms with Crippen molar-refractivity contribution in [3.05, 3.63) is 0 Å². The van der Waals surface area contributed by atoms with Crippen molar-refractivity contribution in [1.82, 2.24) is 5.32 Å². The number of epoxide rings is 1. The Bertz CT molecular complexity index is 123. The minimum Gasteiger partial charge on any atom is -0.394 e. The van der Waals surface area contributed by atoms with Crippen LogP contribution in [-0.4, -0.2) is 36.5 Å². The molecule has 0 spiro atoms. The first-order valence-corrected chi connectivity index (χ1v) is 3.59. The predicted octanol–water partition coefficient (Wildman–Crippen LogP) is -0.256. The fourth-order valence-electron chi connectivity index (χ4n) is 1.17. The topological polar surface area (TPSA) is 44.8 Å². The fraction of sp³-hybridized carbons (Fsp3) is 1.00. The van der Waals surface area contributed by atoms with Crippen molar-refractivity contribution >= 4 is 0 Å². The number of hydrogen-bond acceptors (Lipinski definition) is 3. The number of ether oxygens (including phenoxy) is 1. The van der Waals surface area contributed by atoms with E-state index in [4.69, 9.17) is 9.84 Å². The summed E-state index contributed by atoms with van der Waals surface area (Å²) in [4.78, 5) is 0. The lowest BCUT2D eigenvalue weighted by Gasteiger charge is -2.24. The molecular weight excluding hydrogens is 130 g/mol. The lowest BCUT2D eigenvalue weighted by molar-refractivity contribution is 0.149. The minimum atomic E-state index is -0.251. The zero-order chi connectivity index (χ0) is 7.78. The van der Waals surface area contributed by atoms with Crippen molar-refractivity contribution in [3.63, 3.8) is 0 Å². The Morgan fingerprint density at radius 3 is 2.30 bits per heavy atom. The molecule has 0 amide bonds. The van der Waals surface area contributed by atoms with Gasteiger partial charge in [-0.15, -0.1) is 0 Å². The molecule has 1 fully saturated rings. The highest BCUT2D eigenvalue weighted by Crippen LogP contribution is 2.31. The standard InChI is InChI=1S/C7H15NO2/c1-5-6(10-5)7(2,4-9)8-3/h5-6,8-9H,4H2,1-3H3. The number of hydrogen-bond donors (Lipinski definition) is 2. The van der Waals surface area contributed by atoms with Crippen molar-refractivity contribution in [1.29, 1.82) is 0 Å². The molecule has 0 radical (unpaired) electrons. The molecule has 3 unspecified atom stereocenters. The van der Waals surface area contributed by atoms with Crippen LogP contribution in [0.15, 0.2) is 0 Å². The molecule has 0 aromatic carbocycles. The van der Waals surface area contributed by atoms with Crippen molar-refractivity contribution in [3.8, 4) is 0 Å². The van der Waals surface area contributed by atoms with E-state index >= 15 is 0 Å². The van der Waals surface area contributed by atoms with Crippen molar-refractivity contribution < 1.29 is 9.84 Å². The van der Waals surface area contributed by atoms with E-state index in [0.29, 0.717) is 6.10 Å². The van der Waals surface area contributed by atoms with Gasteiger partial charge >= 0.3 is 0 Å². The lowest BCUT2D eigenvalue weighted by Crippen LogP contribution is -2.49. The summed E-state index contributed by atoms with van der Waals surface area (Å²) >= 11 is 0. The van der Waals surface area contributed by atoms with Crippen molar-refractivity contribution in [2.45, 2.75) is 31.6 Å². The van der Waals surface area contributed by atoms with E-state index in [1.807, 2.05) is 20.9 Å². The van der Waals surface area contributed by atoms with Gasteiger partial charge in [0.1, 0.15) is 6.10 Å². The van der Waals surface area contributed by atoms with Gasteiger partial charge in [0, 0.05) is 0 Å². The van der Waals surface area contributed by atoms with Crippen LogP contribution in [-0.2, 0) is 4.74 Å². The van der Waals surface area contributed by atoms with Gasteiger partial charge in [-0.2, -0.15) is 0 Å². The van der Waals surface area contributed by atoms with Gasteiger partial charge in [0.2, 0.25) is 0 Å². The Morgan fingerprint density at radius 1 is 1.70 bits per heavy atom. The van der Waals surface area contributed by atoms with Crippen LogP contribution < -0.4 is 5.32 Å². The van der Waals surface area contributed by atoms with Gasteiger partial charge in [0.15, 0.2) is 0 Å². The van der Waals surface area contributed by atoms with E-state index in [9.17, 15) is 0 Å². The van der Waals surface area contributed by atoms with Crippen LogP contribution in [0.1, 0.15) is 13.8 Å². The Labute approximate surface area is 61.4 Å². The zero-order valence-corrected chi connectivity index (χ0v) is 6.72. The maximum atomic E-state index is 8.97. The summed E-state index contributed by atoms with van der Waals surface area (Å²) in [6, 6.07) is 0. The summed E-state index contributed by atoms with van der Waals surface area (Å²) in [6.45, 7) is 4.09. The molecule has 60 valence electrons. The highest BCUT2D eigenvalue weighted by Gasteiger charge is 2.48. The summed E-state index contributed by atoms with van der Waals surface area (Å²) in [5, 5.41) is 12.0. The van der Waals surface area contributed by atoms with E-state index in [-0.39, 0.29) is 18.2 Å². The van der Waals surface area contributed by atoms with Gasteiger partial charge in [-0.25, -0.2) is 0 Å². The van der Waals surface area contributed by atoms with Crippen LogP contribution >= 0.6 is 0 Å². The van der Waals surface area contributed by atoms with Crippen LogP contribution in [0.5, 0.6) is 0 Å². The first-order valence-electron chi connectivity index (χ1n) is 3.59. The molecule has 0 aliphatic carbocycles. The van der Waals surface area contributed by atoms with Crippen molar-refractivity contribution in [2.24, 2.45) is 0 Å². The molecule has 0 aromatic rings. The predicted molar refractivity (Wildman–Crippen MR) is 38.9 cm³/mol. The van der Waals surface area contributed by atoms with Gasteiger partial charge in [-0.3, -0.25) is 0 Å². The molecule has 3 atom stereocenters. The molecule has 1 heterocycles. The van der Waals surface area contributed by atoms with E-state index in [1.54, 1.807) is 0 Å². The van der Waals surface area contributed by atoms with E-state index in [1.165, 1.54) is 0 Å². The highest BCUT2D eigenvalue weighted by atomic mass is 16.6. The van der Waals surface area contributed by atoms with Gasteiger partial charge < -0.3 is 15.2 Å². The second-order valence-electron chi connectivity index (χ2n) is 3.09. The SMILES string of the molecule is CNC(C)(CO)C1OC1C. The van der Waals surface area contributed by atoms with Gasteiger partial charge in [-0.05, 0) is 20.9 Å². The van der Waals surface area contributed by atoms with Gasteiger partial charge in [0.25, 0.3) is 0 Å². The Balaban J connectivity index is 2.48. The molecule has 3 heteroatoms. The van der Waals surface area contributed by atoms with Crippen LogP contribution in [0.3, 0.4) is 0 Å². The Hall–Kier alpha value is -0.120. The van der Waals surface area contributed by atoms with Crippen LogP contribution in [0.25, 0.3) is 0 Å². The molecule has 3 nitrogen and oxygen atoms in total. The average molecular weight is 145 g/mol. The maximum absolute atomic E-state index is 8.97. The number of nitrogens with one attached hydrogen (secondary N) is 1.